The monoisotopic (exact) mass is 208 g/mol. The highest BCUT2D eigenvalue weighted by Gasteiger charge is 2.14. The van der Waals surface area contributed by atoms with Gasteiger partial charge in [0, 0.05) is 6.42 Å². The zero-order valence-corrected chi connectivity index (χ0v) is 8.01. The molecule has 0 aliphatic carbocycles. The molecular weight excluding hydrogens is 196 g/mol. The average Bonchev–Trinajstić information content (AvgIpc) is 2.20. The second kappa shape index (κ2) is 4.99. The van der Waals surface area contributed by atoms with Crippen LogP contribution in [0.15, 0.2) is 24.3 Å². The van der Waals surface area contributed by atoms with Crippen LogP contribution in [-0.2, 0) is 16.0 Å². The van der Waals surface area contributed by atoms with E-state index in [2.05, 4.69) is 5.32 Å². The number of primary amides is 1. The average molecular weight is 208 g/mol. The van der Waals surface area contributed by atoms with Crippen molar-refractivity contribution in [2.45, 2.75) is 12.5 Å². The van der Waals surface area contributed by atoms with Crippen LogP contribution in [0.4, 0.5) is 0 Å². The number of phenols is 1. The van der Waals surface area contributed by atoms with E-state index in [-0.39, 0.29) is 5.75 Å². The summed E-state index contributed by atoms with van der Waals surface area (Å²) in [5.74, 6) is -0.437. The molecule has 0 fully saturated rings. The van der Waals surface area contributed by atoms with Crippen molar-refractivity contribution in [2.75, 3.05) is 0 Å². The molecule has 1 atom stereocenters. The lowest BCUT2D eigenvalue weighted by atomic mass is 10.1. The number of hydrogen-bond donors (Lipinski definition) is 3. The van der Waals surface area contributed by atoms with E-state index in [1.54, 1.807) is 12.1 Å². The number of nitrogens with one attached hydrogen (secondary N) is 1. The Balaban J connectivity index is 2.69. The first-order chi connectivity index (χ1) is 7.13. The van der Waals surface area contributed by atoms with Crippen LogP contribution in [0.3, 0.4) is 0 Å². The number of carbonyl (C=O) groups is 2. The molecule has 5 heteroatoms. The van der Waals surface area contributed by atoms with Gasteiger partial charge in [-0.3, -0.25) is 9.59 Å². The standard InChI is InChI=1S/C10H12N2O3/c11-10(15)9(12-6-13)5-7-1-3-8(14)4-2-7/h1-4,6,9,14H,5H2,(H2,11,15)(H,12,13). The van der Waals surface area contributed by atoms with E-state index in [0.29, 0.717) is 12.8 Å². The second-order valence-corrected chi connectivity index (χ2v) is 3.11. The van der Waals surface area contributed by atoms with Gasteiger partial charge in [0.15, 0.2) is 0 Å². The Morgan fingerprint density at radius 2 is 2.07 bits per heavy atom. The van der Waals surface area contributed by atoms with E-state index in [1.165, 1.54) is 12.1 Å². The van der Waals surface area contributed by atoms with Gasteiger partial charge in [0.25, 0.3) is 0 Å². The molecule has 80 valence electrons. The number of aromatic hydroxyl groups is 1. The summed E-state index contributed by atoms with van der Waals surface area (Å²) in [6.07, 6.45) is 0.754. The lowest BCUT2D eigenvalue weighted by Gasteiger charge is -2.11. The highest BCUT2D eigenvalue weighted by molar-refractivity contribution is 5.82. The molecule has 0 aliphatic rings. The van der Waals surface area contributed by atoms with Gasteiger partial charge < -0.3 is 16.2 Å². The Morgan fingerprint density at radius 3 is 2.53 bits per heavy atom. The van der Waals surface area contributed by atoms with Crippen molar-refractivity contribution >= 4 is 12.3 Å². The van der Waals surface area contributed by atoms with Crippen LogP contribution in [0.1, 0.15) is 5.56 Å². The summed E-state index contributed by atoms with van der Waals surface area (Å²) in [5, 5.41) is 11.4. The predicted octanol–water partition coefficient (Wildman–Crippen LogP) is -0.465. The number of benzene rings is 1. The van der Waals surface area contributed by atoms with Crippen molar-refractivity contribution in [1.82, 2.24) is 5.32 Å². The van der Waals surface area contributed by atoms with Crippen LogP contribution in [0.2, 0.25) is 0 Å². The van der Waals surface area contributed by atoms with E-state index < -0.39 is 11.9 Å². The van der Waals surface area contributed by atoms with E-state index in [9.17, 15) is 9.59 Å². The number of phenolic OH excluding ortho intramolecular Hbond substituents is 1. The van der Waals surface area contributed by atoms with E-state index in [1.807, 2.05) is 0 Å². The lowest BCUT2D eigenvalue weighted by Crippen LogP contribution is -2.42. The molecule has 0 aliphatic heterocycles. The molecule has 0 spiro atoms. The first-order valence-electron chi connectivity index (χ1n) is 4.40. The Kier molecular flexibility index (Phi) is 3.68. The van der Waals surface area contributed by atoms with Crippen molar-refractivity contribution in [2.24, 2.45) is 5.73 Å². The Hall–Kier alpha value is -2.04. The summed E-state index contributed by atoms with van der Waals surface area (Å²) in [6, 6.07) is 5.63. The molecule has 1 aromatic rings. The minimum absolute atomic E-state index is 0.151. The third kappa shape index (κ3) is 3.30. The summed E-state index contributed by atoms with van der Waals surface area (Å²) in [4.78, 5) is 21.1. The molecule has 1 aromatic carbocycles. The van der Waals surface area contributed by atoms with Crippen molar-refractivity contribution < 1.29 is 14.7 Å². The summed E-state index contributed by atoms with van der Waals surface area (Å²) in [7, 11) is 0. The van der Waals surface area contributed by atoms with Crippen molar-refractivity contribution in [1.29, 1.82) is 0 Å². The van der Waals surface area contributed by atoms with Crippen LogP contribution >= 0.6 is 0 Å². The number of carbonyl (C=O) groups excluding carboxylic acids is 2. The predicted molar refractivity (Wildman–Crippen MR) is 54.0 cm³/mol. The summed E-state index contributed by atoms with van der Waals surface area (Å²) < 4.78 is 0. The highest BCUT2D eigenvalue weighted by atomic mass is 16.3. The minimum Gasteiger partial charge on any atom is -0.508 e. The lowest BCUT2D eigenvalue weighted by molar-refractivity contribution is -0.122. The largest absolute Gasteiger partial charge is 0.508 e. The van der Waals surface area contributed by atoms with E-state index >= 15 is 0 Å². The van der Waals surface area contributed by atoms with Gasteiger partial charge in [-0.25, -0.2) is 0 Å². The van der Waals surface area contributed by atoms with Crippen molar-refractivity contribution in [3.8, 4) is 5.75 Å². The molecule has 0 saturated carbocycles. The molecule has 0 bridgehead atoms. The Bertz CT molecular complexity index is 348. The van der Waals surface area contributed by atoms with Gasteiger partial charge in [0.1, 0.15) is 11.8 Å². The van der Waals surface area contributed by atoms with Gasteiger partial charge in [0.05, 0.1) is 0 Å². The first kappa shape index (κ1) is 11.0. The van der Waals surface area contributed by atoms with Crippen LogP contribution in [0.5, 0.6) is 5.75 Å². The van der Waals surface area contributed by atoms with Gasteiger partial charge in [-0.2, -0.15) is 0 Å². The molecular formula is C10H12N2O3. The fourth-order valence-corrected chi connectivity index (χ4v) is 1.19. The molecule has 15 heavy (non-hydrogen) atoms. The smallest absolute Gasteiger partial charge is 0.240 e. The maximum absolute atomic E-state index is 10.9. The second-order valence-electron chi connectivity index (χ2n) is 3.11. The maximum atomic E-state index is 10.9. The van der Waals surface area contributed by atoms with Gasteiger partial charge in [-0.05, 0) is 17.7 Å². The molecule has 0 aromatic heterocycles. The summed E-state index contributed by atoms with van der Waals surface area (Å²) in [5.41, 5.74) is 5.90. The maximum Gasteiger partial charge on any atom is 0.240 e. The summed E-state index contributed by atoms with van der Waals surface area (Å²) in [6.45, 7) is 0. The fraction of sp³-hybridized carbons (Fsp3) is 0.200. The molecule has 0 saturated heterocycles. The van der Waals surface area contributed by atoms with Gasteiger partial charge >= 0.3 is 0 Å². The Labute approximate surface area is 86.9 Å². The SMILES string of the molecule is NC(=O)C(Cc1ccc(O)cc1)NC=O. The third-order valence-electron chi connectivity index (χ3n) is 1.99. The van der Waals surface area contributed by atoms with Crippen LogP contribution < -0.4 is 11.1 Å². The molecule has 4 N–H and O–H groups in total. The fourth-order valence-electron chi connectivity index (χ4n) is 1.19. The number of hydrogen-bond acceptors (Lipinski definition) is 3. The first-order valence-corrected chi connectivity index (χ1v) is 4.40. The molecule has 0 heterocycles. The Morgan fingerprint density at radius 1 is 1.47 bits per heavy atom. The normalized spacial score (nSPS) is 11.7. The molecule has 0 radical (unpaired) electrons. The minimum atomic E-state index is -0.716. The zero-order chi connectivity index (χ0) is 11.3. The van der Waals surface area contributed by atoms with Crippen molar-refractivity contribution in [3.05, 3.63) is 29.8 Å². The number of amides is 2. The number of rotatable bonds is 5. The van der Waals surface area contributed by atoms with Crippen LogP contribution in [0, 0.1) is 0 Å². The van der Waals surface area contributed by atoms with Gasteiger partial charge in [0.2, 0.25) is 12.3 Å². The summed E-state index contributed by atoms with van der Waals surface area (Å²) >= 11 is 0. The topological polar surface area (TPSA) is 92.4 Å². The van der Waals surface area contributed by atoms with Crippen molar-refractivity contribution in [3.63, 3.8) is 0 Å². The quantitative estimate of drug-likeness (QED) is 0.571. The molecule has 1 unspecified atom stereocenters. The number of nitrogens with two attached hydrogens (primary N) is 1. The highest BCUT2D eigenvalue weighted by Crippen LogP contribution is 2.11. The van der Waals surface area contributed by atoms with Crippen LogP contribution in [-0.4, -0.2) is 23.5 Å². The zero-order valence-electron chi connectivity index (χ0n) is 8.01. The molecule has 1 rings (SSSR count). The third-order valence-corrected chi connectivity index (χ3v) is 1.99. The molecule has 5 nitrogen and oxygen atoms in total. The van der Waals surface area contributed by atoms with E-state index in [0.717, 1.165) is 5.56 Å². The molecule has 2 amide bonds. The van der Waals surface area contributed by atoms with Gasteiger partial charge in [-0.1, -0.05) is 12.1 Å². The van der Waals surface area contributed by atoms with E-state index in [4.69, 9.17) is 10.8 Å². The van der Waals surface area contributed by atoms with Gasteiger partial charge in [-0.15, -0.1) is 0 Å². The van der Waals surface area contributed by atoms with Crippen LogP contribution in [0.25, 0.3) is 0 Å².